The Bertz CT molecular complexity index is 1790. The SMILES string of the molecule is CC/C=C\C/C=C\C/C=C\C/C=C\C/C=C\CC(=O)OC1C(OCC(COC(=O)CCCCCCCCCCC/C=C\CCCCCCCC)OC(=O)CCCCCCC/C=C\C/C=C\C/C=C\CC)OC(C(=O)O)C(O)C1O. The van der Waals surface area contributed by atoms with Crippen molar-refractivity contribution in [3.8, 4) is 0 Å². The van der Waals surface area contributed by atoms with Gasteiger partial charge in [-0.3, -0.25) is 14.4 Å². The molecule has 0 saturated carbocycles. The lowest BCUT2D eigenvalue weighted by atomic mass is 9.98. The van der Waals surface area contributed by atoms with Crippen molar-refractivity contribution in [1.29, 1.82) is 0 Å². The van der Waals surface area contributed by atoms with Crippen molar-refractivity contribution in [3.63, 3.8) is 0 Å². The molecule has 0 aliphatic carbocycles. The summed E-state index contributed by atoms with van der Waals surface area (Å²) in [5.41, 5.74) is 0. The molecule has 6 atom stereocenters. The summed E-state index contributed by atoms with van der Waals surface area (Å²) in [6, 6.07) is 0. The van der Waals surface area contributed by atoms with Crippen molar-refractivity contribution in [3.05, 3.63) is 109 Å². The molecule has 1 heterocycles. The maximum Gasteiger partial charge on any atom is 0.335 e. The molecule has 0 amide bonds. The molecule has 0 bridgehead atoms. The number of allylic oxidation sites excluding steroid dienone is 17. The van der Waals surface area contributed by atoms with E-state index in [4.69, 9.17) is 23.7 Å². The Morgan fingerprint density at radius 3 is 1.29 bits per heavy atom. The highest BCUT2D eigenvalue weighted by atomic mass is 16.7. The van der Waals surface area contributed by atoms with Gasteiger partial charge in [-0.2, -0.15) is 0 Å². The van der Waals surface area contributed by atoms with E-state index in [1.165, 1.54) is 83.5 Å². The molecule has 12 nitrogen and oxygen atoms in total. The molecule has 3 N–H and O–H groups in total. The van der Waals surface area contributed by atoms with Crippen LogP contribution in [0.5, 0.6) is 0 Å². The zero-order valence-corrected chi connectivity index (χ0v) is 49.3. The largest absolute Gasteiger partial charge is 0.479 e. The fraction of sp³-hybridized carbons (Fsp3) is 0.672. The van der Waals surface area contributed by atoms with Crippen molar-refractivity contribution in [2.75, 3.05) is 13.2 Å². The summed E-state index contributed by atoms with van der Waals surface area (Å²) in [6.45, 7) is 5.71. The number of carboxylic acid groups (broad SMARTS) is 1. The highest BCUT2D eigenvalue weighted by molar-refractivity contribution is 5.74. The highest BCUT2D eigenvalue weighted by Crippen LogP contribution is 2.26. The topological polar surface area (TPSA) is 175 Å². The van der Waals surface area contributed by atoms with E-state index >= 15 is 0 Å². The predicted molar refractivity (Wildman–Crippen MR) is 321 cm³/mol. The van der Waals surface area contributed by atoms with Crippen LogP contribution in [0.25, 0.3) is 0 Å². The number of aliphatic hydroxyl groups excluding tert-OH is 2. The molecular formula is C67H108O12. The maximum absolute atomic E-state index is 13.2. The van der Waals surface area contributed by atoms with Crippen LogP contribution in [0.3, 0.4) is 0 Å². The lowest BCUT2D eigenvalue weighted by Gasteiger charge is -2.40. The smallest absolute Gasteiger partial charge is 0.335 e. The third-order valence-corrected chi connectivity index (χ3v) is 13.3. The number of carbonyl (C=O) groups is 4. The molecule has 0 aromatic rings. The van der Waals surface area contributed by atoms with E-state index in [2.05, 4.69) is 106 Å². The van der Waals surface area contributed by atoms with Gasteiger partial charge in [-0.05, 0) is 103 Å². The number of carboxylic acids is 1. The summed E-state index contributed by atoms with van der Waals surface area (Å²) in [7, 11) is 0. The van der Waals surface area contributed by atoms with Crippen LogP contribution in [-0.2, 0) is 42.9 Å². The van der Waals surface area contributed by atoms with Crippen LogP contribution < -0.4 is 0 Å². The van der Waals surface area contributed by atoms with E-state index < -0.39 is 67.3 Å². The molecule has 1 saturated heterocycles. The summed E-state index contributed by atoms with van der Waals surface area (Å²) in [6.07, 6.45) is 60.8. The molecule has 0 radical (unpaired) electrons. The molecule has 12 heteroatoms. The van der Waals surface area contributed by atoms with Gasteiger partial charge < -0.3 is 39.0 Å². The number of rotatable bonds is 51. The van der Waals surface area contributed by atoms with E-state index in [1.807, 2.05) is 12.2 Å². The fourth-order valence-electron chi connectivity index (χ4n) is 8.69. The van der Waals surface area contributed by atoms with Crippen LogP contribution in [0.2, 0.25) is 0 Å². The first-order valence-corrected chi connectivity index (χ1v) is 30.9. The van der Waals surface area contributed by atoms with E-state index in [0.717, 1.165) is 96.3 Å². The van der Waals surface area contributed by atoms with Crippen molar-refractivity contribution in [1.82, 2.24) is 0 Å². The van der Waals surface area contributed by atoms with Gasteiger partial charge in [0.1, 0.15) is 18.8 Å². The molecule has 448 valence electrons. The molecule has 1 aliphatic heterocycles. The number of carbonyl (C=O) groups excluding carboxylic acids is 3. The van der Waals surface area contributed by atoms with Gasteiger partial charge in [0.15, 0.2) is 24.6 Å². The first-order valence-electron chi connectivity index (χ1n) is 30.9. The number of aliphatic carboxylic acids is 1. The monoisotopic (exact) mass is 1100 g/mol. The summed E-state index contributed by atoms with van der Waals surface area (Å²) in [5, 5.41) is 31.5. The minimum atomic E-state index is -1.94. The van der Waals surface area contributed by atoms with Crippen LogP contribution >= 0.6 is 0 Å². The second-order valence-electron chi connectivity index (χ2n) is 20.6. The Kier molecular flexibility index (Phi) is 49.5. The van der Waals surface area contributed by atoms with Gasteiger partial charge in [0, 0.05) is 12.8 Å². The Morgan fingerprint density at radius 1 is 0.443 bits per heavy atom. The predicted octanol–water partition coefficient (Wildman–Crippen LogP) is 16.2. The number of esters is 3. The molecular weight excluding hydrogens is 997 g/mol. The van der Waals surface area contributed by atoms with Gasteiger partial charge in [-0.15, -0.1) is 0 Å². The number of ether oxygens (including phenoxy) is 5. The Balaban J connectivity index is 2.72. The molecule has 1 fully saturated rings. The summed E-state index contributed by atoms with van der Waals surface area (Å²) < 4.78 is 28.3. The molecule has 1 rings (SSSR count). The third-order valence-electron chi connectivity index (χ3n) is 13.3. The van der Waals surface area contributed by atoms with E-state index in [0.29, 0.717) is 19.3 Å². The van der Waals surface area contributed by atoms with Crippen LogP contribution in [-0.4, -0.2) is 89.2 Å². The molecule has 1 aliphatic rings. The molecule has 0 aromatic carbocycles. The van der Waals surface area contributed by atoms with Gasteiger partial charge in [-0.1, -0.05) is 226 Å². The van der Waals surface area contributed by atoms with Gasteiger partial charge in [0.2, 0.25) is 0 Å². The molecule has 0 spiro atoms. The zero-order valence-electron chi connectivity index (χ0n) is 49.3. The second kappa shape index (κ2) is 54.0. The van der Waals surface area contributed by atoms with Crippen molar-refractivity contribution in [2.45, 2.75) is 276 Å². The molecule has 6 unspecified atom stereocenters. The Labute approximate surface area is 478 Å². The highest BCUT2D eigenvalue weighted by Gasteiger charge is 2.50. The van der Waals surface area contributed by atoms with Crippen LogP contribution in [0.4, 0.5) is 0 Å². The number of hydrogen-bond acceptors (Lipinski definition) is 11. The van der Waals surface area contributed by atoms with Crippen LogP contribution in [0, 0.1) is 0 Å². The second-order valence-corrected chi connectivity index (χ2v) is 20.6. The normalized spacial score (nSPS) is 18.6. The first kappa shape index (κ1) is 72.4. The average molecular weight is 1110 g/mol. The van der Waals surface area contributed by atoms with Crippen molar-refractivity contribution >= 4 is 23.9 Å². The lowest BCUT2D eigenvalue weighted by molar-refractivity contribution is -0.301. The minimum Gasteiger partial charge on any atom is -0.479 e. The fourth-order valence-corrected chi connectivity index (χ4v) is 8.69. The van der Waals surface area contributed by atoms with Gasteiger partial charge in [-0.25, -0.2) is 4.79 Å². The maximum atomic E-state index is 13.2. The Morgan fingerprint density at radius 2 is 0.835 bits per heavy atom. The first-order chi connectivity index (χ1) is 38.6. The summed E-state index contributed by atoms with van der Waals surface area (Å²) in [5.74, 6) is -3.31. The quantitative estimate of drug-likeness (QED) is 0.0228. The Hall–Kier alpha value is -4.62. The lowest BCUT2D eigenvalue weighted by Crippen LogP contribution is -2.61. The standard InChI is InChI=1S/C67H108O12/c1-4-7-10-13-16-19-22-25-28-29-30-31-34-35-38-41-44-47-50-53-59(68)75-56-58(77-60(69)54-51-48-45-42-39-36-32-26-23-20-17-14-11-8-5-2)57-76-67-65(63(72)62(71)64(79-67)66(73)74)78-61(70)55-52-49-46-43-40-37-33-27-24-21-18-15-12-9-6-3/h8-9,11-12,17-18,20-21,25-28,32-33,40,43,49,52,58,62-65,67,71-72H,4-7,10,13-16,19,22-24,29-31,34-39,41-42,44-48,50-51,53-57H2,1-3H3,(H,73,74)/b11-8-,12-9-,20-17-,21-18-,28-25-,32-26-,33-27-,43-40-,52-49-. The number of aliphatic hydroxyl groups is 2. The number of hydrogen-bond donors (Lipinski definition) is 3. The van der Waals surface area contributed by atoms with Gasteiger partial charge >= 0.3 is 23.9 Å². The van der Waals surface area contributed by atoms with Crippen LogP contribution in [0.15, 0.2) is 109 Å². The van der Waals surface area contributed by atoms with E-state index in [-0.39, 0.29) is 25.9 Å². The van der Waals surface area contributed by atoms with Crippen molar-refractivity contribution in [2.24, 2.45) is 0 Å². The zero-order chi connectivity index (χ0) is 57.5. The minimum absolute atomic E-state index is 0.128. The number of unbranched alkanes of at least 4 members (excludes halogenated alkanes) is 20. The molecule has 79 heavy (non-hydrogen) atoms. The van der Waals surface area contributed by atoms with Gasteiger partial charge in [0.05, 0.1) is 13.0 Å². The summed E-state index contributed by atoms with van der Waals surface area (Å²) in [4.78, 5) is 51.2. The molecule has 0 aromatic heterocycles. The average Bonchev–Trinajstić information content (AvgIpc) is 3.44. The summed E-state index contributed by atoms with van der Waals surface area (Å²) >= 11 is 0. The van der Waals surface area contributed by atoms with Crippen molar-refractivity contribution < 1.29 is 58.2 Å². The van der Waals surface area contributed by atoms with Crippen LogP contribution in [0.1, 0.15) is 239 Å². The third kappa shape index (κ3) is 43.8. The van der Waals surface area contributed by atoms with E-state index in [1.54, 1.807) is 12.2 Å². The van der Waals surface area contributed by atoms with Gasteiger partial charge in [0.25, 0.3) is 0 Å². The van der Waals surface area contributed by atoms with E-state index in [9.17, 15) is 34.5 Å².